The number of morpholine rings is 1. The molecule has 1 amide bonds. The standard InChI is InChI=1S/C18H33N3O2/c1-21(14-6-3-2-4-7-14)18(22)12-20-16-9-5-8-15(16)17-13-23-11-10-19-17/h14-17,19-20H,2-13H2,1H3. The summed E-state index contributed by atoms with van der Waals surface area (Å²) in [5, 5.41) is 7.15. The number of carbonyl (C=O) groups excluding carboxylic acids is 1. The van der Waals surface area contributed by atoms with Crippen molar-refractivity contribution in [1.82, 2.24) is 15.5 Å². The second-order valence-corrected chi connectivity index (χ2v) is 7.51. The zero-order chi connectivity index (χ0) is 16.1. The van der Waals surface area contributed by atoms with Crippen molar-refractivity contribution < 1.29 is 9.53 Å². The molecular weight excluding hydrogens is 290 g/mol. The van der Waals surface area contributed by atoms with Gasteiger partial charge >= 0.3 is 0 Å². The molecule has 3 unspecified atom stereocenters. The van der Waals surface area contributed by atoms with E-state index < -0.39 is 0 Å². The second-order valence-electron chi connectivity index (χ2n) is 7.51. The zero-order valence-corrected chi connectivity index (χ0v) is 14.6. The highest BCUT2D eigenvalue weighted by molar-refractivity contribution is 5.78. The van der Waals surface area contributed by atoms with Crippen molar-refractivity contribution in [3.05, 3.63) is 0 Å². The molecule has 3 aliphatic rings. The van der Waals surface area contributed by atoms with E-state index in [2.05, 4.69) is 10.6 Å². The fourth-order valence-corrected chi connectivity index (χ4v) is 4.60. The maximum atomic E-state index is 12.5. The van der Waals surface area contributed by atoms with Crippen molar-refractivity contribution in [2.75, 3.05) is 33.4 Å². The summed E-state index contributed by atoms with van der Waals surface area (Å²) < 4.78 is 5.62. The van der Waals surface area contributed by atoms with E-state index in [4.69, 9.17) is 4.74 Å². The van der Waals surface area contributed by atoms with Gasteiger partial charge in [0.05, 0.1) is 19.8 Å². The molecule has 1 aliphatic heterocycles. The van der Waals surface area contributed by atoms with E-state index in [1.165, 1.54) is 51.4 Å². The van der Waals surface area contributed by atoms with Crippen molar-refractivity contribution in [1.29, 1.82) is 0 Å². The SMILES string of the molecule is CN(C(=O)CNC1CCCC1C1COCCN1)C1CCCCC1. The third kappa shape index (κ3) is 4.46. The quantitative estimate of drug-likeness (QED) is 0.805. The molecule has 5 heteroatoms. The molecule has 1 saturated heterocycles. The molecule has 2 aliphatic carbocycles. The molecule has 3 rings (SSSR count). The van der Waals surface area contributed by atoms with Gasteiger partial charge in [-0.1, -0.05) is 25.7 Å². The number of carbonyl (C=O) groups is 1. The third-order valence-corrected chi connectivity index (χ3v) is 6.07. The zero-order valence-electron chi connectivity index (χ0n) is 14.6. The van der Waals surface area contributed by atoms with Gasteiger partial charge in [-0.05, 0) is 31.6 Å². The number of nitrogens with one attached hydrogen (secondary N) is 2. The van der Waals surface area contributed by atoms with Crippen LogP contribution in [0.2, 0.25) is 0 Å². The van der Waals surface area contributed by atoms with Crippen LogP contribution in [-0.2, 0) is 9.53 Å². The average molecular weight is 323 g/mol. The van der Waals surface area contributed by atoms with E-state index >= 15 is 0 Å². The minimum Gasteiger partial charge on any atom is -0.379 e. The third-order valence-electron chi connectivity index (χ3n) is 6.07. The number of amides is 1. The molecule has 2 N–H and O–H groups in total. The summed E-state index contributed by atoms with van der Waals surface area (Å²) in [6.07, 6.45) is 9.91. The first-order valence-corrected chi connectivity index (χ1v) is 9.56. The van der Waals surface area contributed by atoms with Gasteiger partial charge in [-0.2, -0.15) is 0 Å². The lowest BCUT2D eigenvalue weighted by Crippen LogP contribution is -2.52. The van der Waals surface area contributed by atoms with Crippen LogP contribution in [0.1, 0.15) is 51.4 Å². The molecule has 132 valence electrons. The summed E-state index contributed by atoms with van der Waals surface area (Å²) in [5.41, 5.74) is 0. The molecule has 0 aromatic heterocycles. The van der Waals surface area contributed by atoms with E-state index in [1.807, 2.05) is 11.9 Å². The van der Waals surface area contributed by atoms with Gasteiger partial charge in [0.15, 0.2) is 0 Å². The van der Waals surface area contributed by atoms with Crippen LogP contribution in [-0.4, -0.2) is 62.3 Å². The van der Waals surface area contributed by atoms with Crippen LogP contribution in [0.4, 0.5) is 0 Å². The smallest absolute Gasteiger partial charge is 0.236 e. The van der Waals surface area contributed by atoms with E-state index in [-0.39, 0.29) is 5.91 Å². The minimum absolute atomic E-state index is 0.260. The molecule has 0 aromatic carbocycles. The maximum Gasteiger partial charge on any atom is 0.236 e. The molecule has 0 spiro atoms. The molecular formula is C18H33N3O2. The summed E-state index contributed by atoms with van der Waals surface area (Å²) in [4.78, 5) is 14.5. The predicted octanol–water partition coefficient (Wildman–Crippen LogP) is 1.52. The van der Waals surface area contributed by atoms with E-state index in [0.717, 1.165) is 19.8 Å². The predicted molar refractivity (Wildman–Crippen MR) is 91.4 cm³/mol. The molecule has 1 heterocycles. The molecule has 0 aromatic rings. The van der Waals surface area contributed by atoms with Crippen LogP contribution in [0.15, 0.2) is 0 Å². The van der Waals surface area contributed by atoms with Crippen LogP contribution in [0, 0.1) is 5.92 Å². The Labute approximate surface area is 140 Å². The van der Waals surface area contributed by atoms with Crippen molar-refractivity contribution in [2.24, 2.45) is 5.92 Å². The van der Waals surface area contributed by atoms with Gasteiger partial charge in [-0.25, -0.2) is 0 Å². The second kappa shape index (κ2) is 8.45. The first-order chi connectivity index (χ1) is 11.3. The molecule has 2 saturated carbocycles. The highest BCUT2D eigenvalue weighted by Crippen LogP contribution is 2.29. The van der Waals surface area contributed by atoms with Gasteiger partial charge in [0.2, 0.25) is 5.91 Å². The van der Waals surface area contributed by atoms with Crippen molar-refractivity contribution in [3.8, 4) is 0 Å². The maximum absolute atomic E-state index is 12.5. The van der Waals surface area contributed by atoms with Gasteiger partial charge in [-0.3, -0.25) is 4.79 Å². The monoisotopic (exact) mass is 323 g/mol. The topological polar surface area (TPSA) is 53.6 Å². The van der Waals surface area contributed by atoms with Crippen LogP contribution in [0.25, 0.3) is 0 Å². The van der Waals surface area contributed by atoms with E-state index in [1.54, 1.807) is 0 Å². The fraction of sp³-hybridized carbons (Fsp3) is 0.944. The normalized spacial score (nSPS) is 32.8. The Hall–Kier alpha value is -0.650. The van der Waals surface area contributed by atoms with Gasteiger partial charge in [0.1, 0.15) is 0 Å². The highest BCUT2D eigenvalue weighted by atomic mass is 16.5. The highest BCUT2D eigenvalue weighted by Gasteiger charge is 2.35. The summed E-state index contributed by atoms with van der Waals surface area (Å²) in [6.45, 7) is 3.09. The Morgan fingerprint density at radius 1 is 1.17 bits per heavy atom. The number of hydrogen-bond acceptors (Lipinski definition) is 4. The van der Waals surface area contributed by atoms with E-state index in [9.17, 15) is 4.79 Å². The molecule has 5 nitrogen and oxygen atoms in total. The van der Waals surface area contributed by atoms with E-state index in [0.29, 0.717) is 30.6 Å². The lowest BCUT2D eigenvalue weighted by atomic mass is 9.93. The van der Waals surface area contributed by atoms with Crippen molar-refractivity contribution >= 4 is 5.91 Å². The summed E-state index contributed by atoms with van der Waals surface area (Å²) in [5.74, 6) is 0.860. The summed E-state index contributed by atoms with van der Waals surface area (Å²) in [7, 11) is 1.99. The largest absolute Gasteiger partial charge is 0.379 e. The van der Waals surface area contributed by atoms with Gasteiger partial charge in [-0.15, -0.1) is 0 Å². The number of ether oxygens (including phenoxy) is 1. The molecule has 0 radical (unpaired) electrons. The number of likely N-dealkylation sites (N-methyl/N-ethyl adjacent to an activating group) is 1. The molecule has 3 atom stereocenters. The lowest BCUT2D eigenvalue weighted by molar-refractivity contribution is -0.131. The first-order valence-electron chi connectivity index (χ1n) is 9.56. The Morgan fingerprint density at radius 3 is 2.74 bits per heavy atom. The first kappa shape index (κ1) is 17.2. The summed E-state index contributed by atoms with van der Waals surface area (Å²) >= 11 is 0. The van der Waals surface area contributed by atoms with Crippen LogP contribution in [0.5, 0.6) is 0 Å². The minimum atomic E-state index is 0.260. The molecule has 23 heavy (non-hydrogen) atoms. The summed E-state index contributed by atoms with van der Waals surface area (Å²) in [6, 6.07) is 1.37. The van der Waals surface area contributed by atoms with Crippen LogP contribution in [0.3, 0.4) is 0 Å². The van der Waals surface area contributed by atoms with Gasteiger partial charge < -0.3 is 20.3 Å². The van der Waals surface area contributed by atoms with Crippen molar-refractivity contribution in [3.63, 3.8) is 0 Å². The fourth-order valence-electron chi connectivity index (χ4n) is 4.60. The Bertz CT molecular complexity index is 378. The van der Waals surface area contributed by atoms with Crippen LogP contribution >= 0.6 is 0 Å². The van der Waals surface area contributed by atoms with Gasteiger partial charge in [0, 0.05) is 31.7 Å². The lowest BCUT2D eigenvalue weighted by Gasteiger charge is -2.34. The number of nitrogens with zero attached hydrogens (tertiary/aromatic N) is 1. The average Bonchev–Trinajstić information content (AvgIpc) is 3.09. The van der Waals surface area contributed by atoms with Crippen LogP contribution < -0.4 is 10.6 Å². The number of rotatable bonds is 5. The number of hydrogen-bond donors (Lipinski definition) is 2. The van der Waals surface area contributed by atoms with Crippen molar-refractivity contribution in [2.45, 2.75) is 69.5 Å². The van der Waals surface area contributed by atoms with Gasteiger partial charge in [0.25, 0.3) is 0 Å². The Balaban J connectivity index is 1.45. The Morgan fingerprint density at radius 2 is 2.00 bits per heavy atom. The molecule has 3 fully saturated rings. The Kier molecular flexibility index (Phi) is 6.31. The molecule has 0 bridgehead atoms.